The first kappa shape index (κ1) is 8.99. The average molecular weight is 190 g/mol. The van der Waals surface area contributed by atoms with E-state index in [0.717, 1.165) is 11.3 Å². The summed E-state index contributed by atoms with van der Waals surface area (Å²) in [6, 6.07) is 0. The van der Waals surface area contributed by atoms with E-state index in [-0.39, 0.29) is 5.41 Å². The Morgan fingerprint density at radius 3 is 2.64 bits per heavy atom. The van der Waals surface area contributed by atoms with Gasteiger partial charge in [0.1, 0.15) is 0 Å². The molecule has 0 aromatic carbocycles. The number of imidazole rings is 1. The van der Waals surface area contributed by atoms with Crippen LogP contribution in [0.1, 0.15) is 26.5 Å². The lowest BCUT2D eigenvalue weighted by Crippen LogP contribution is -2.11. The number of rotatable bonds is 0. The zero-order valence-electron chi connectivity index (χ0n) is 8.65. The summed E-state index contributed by atoms with van der Waals surface area (Å²) >= 11 is 0. The molecular weight excluding hydrogens is 176 g/mol. The minimum absolute atomic E-state index is 0.0401. The molecule has 0 aliphatic heterocycles. The molecule has 0 amide bonds. The molecule has 14 heavy (non-hydrogen) atoms. The Balaban J connectivity index is 2.69. The van der Waals surface area contributed by atoms with Crippen molar-refractivity contribution in [1.29, 1.82) is 0 Å². The molecule has 0 bridgehead atoms. The molecule has 74 valence electrons. The van der Waals surface area contributed by atoms with E-state index < -0.39 is 0 Å². The highest BCUT2D eigenvalue weighted by Crippen LogP contribution is 2.22. The Morgan fingerprint density at radius 2 is 2.07 bits per heavy atom. The summed E-state index contributed by atoms with van der Waals surface area (Å²) in [5.74, 6) is 0.475. The molecule has 0 unspecified atom stereocenters. The lowest BCUT2D eigenvalue weighted by Gasteiger charge is -2.13. The summed E-state index contributed by atoms with van der Waals surface area (Å²) in [6.45, 7) is 6.37. The zero-order chi connectivity index (χ0) is 10.3. The van der Waals surface area contributed by atoms with Crippen LogP contribution < -0.4 is 5.73 Å². The van der Waals surface area contributed by atoms with Gasteiger partial charge in [0.2, 0.25) is 0 Å². The van der Waals surface area contributed by atoms with Gasteiger partial charge in [0.05, 0.1) is 5.69 Å². The second-order valence-corrected chi connectivity index (χ2v) is 4.42. The summed E-state index contributed by atoms with van der Waals surface area (Å²) in [6.07, 6.45) is 5.53. The predicted octanol–water partition coefficient (Wildman–Crippen LogP) is 1.61. The third-order valence-corrected chi connectivity index (χ3v) is 2.17. The number of hydrogen-bond acceptors (Lipinski definition) is 3. The van der Waals surface area contributed by atoms with Crippen LogP contribution >= 0.6 is 0 Å². The Labute approximate surface area is 82.8 Å². The molecule has 4 nitrogen and oxygen atoms in total. The first-order valence-electron chi connectivity index (χ1n) is 4.58. The van der Waals surface area contributed by atoms with E-state index in [1.807, 2.05) is 16.8 Å². The maximum absolute atomic E-state index is 5.72. The number of hydrogen-bond donors (Lipinski definition) is 1. The molecule has 2 N–H and O–H groups in total. The second kappa shape index (κ2) is 2.70. The summed E-state index contributed by atoms with van der Waals surface area (Å²) in [5.41, 5.74) is 7.52. The molecule has 0 spiro atoms. The zero-order valence-corrected chi connectivity index (χ0v) is 8.65. The van der Waals surface area contributed by atoms with Crippen LogP contribution in [0, 0.1) is 0 Å². The molecule has 0 aliphatic carbocycles. The fourth-order valence-electron chi connectivity index (χ4n) is 1.30. The number of nitrogens with zero attached hydrogens (tertiary/aromatic N) is 3. The van der Waals surface area contributed by atoms with Crippen molar-refractivity contribution in [2.24, 2.45) is 0 Å². The van der Waals surface area contributed by atoms with Gasteiger partial charge in [-0.05, 0) is 0 Å². The van der Waals surface area contributed by atoms with Crippen molar-refractivity contribution < 1.29 is 0 Å². The van der Waals surface area contributed by atoms with Crippen LogP contribution in [0.5, 0.6) is 0 Å². The van der Waals surface area contributed by atoms with Crippen LogP contribution in [-0.4, -0.2) is 14.4 Å². The van der Waals surface area contributed by atoms with Crippen molar-refractivity contribution in [2.45, 2.75) is 26.2 Å². The van der Waals surface area contributed by atoms with Gasteiger partial charge in [-0.1, -0.05) is 20.8 Å². The number of nitrogens with two attached hydrogens (primary N) is 1. The molecule has 0 atom stereocenters. The Hall–Kier alpha value is -1.58. The van der Waals surface area contributed by atoms with Gasteiger partial charge in [-0.25, -0.2) is 9.97 Å². The first-order valence-corrected chi connectivity index (χ1v) is 4.58. The van der Waals surface area contributed by atoms with Gasteiger partial charge in [-0.3, -0.25) is 0 Å². The number of fused-ring (bicyclic) bond motifs is 1. The highest BCUT2D eigenvalue weighted by Gasteiger charge is 2.18. The van der Waals surface area contributed by atoms with Gasteiger partial charge >= 0.3 is 0 Å². The maximum atomic E-state index is 5.72. The van der Waals surface area contributed by atoms with Crippen molar-refractivity contribution in [3.8, 4) is 0 Å². The van der Waals surface area contributed by atoms with Gasteiger partial charge in [-0.2, -0.15) is 0 Å². The second-order valence-electron chi connectivity index (χ2n) is 4.42. The topological polar surface area (TPSA) is 56.2 Å². The number of anilines is 1. The minimum Gasteiger partial charge on any atom is -0.381 e. The lowest BCUT2D eigenvalue weighted by molar-refractivity contribution is 0.573. The largest absolute Gasteiger partial charge is 0.381 e. The summed E-state index contributed by atoms with van der Waals surface area (Å²) < 4.78 is 1.91. The van der Waals surface area contributed by atoms with Crippen LogP contribution in [0.15, 0.2) is 18.6 Å². The summed E-state index contributed by atoms with van der Waals surface area (Å²) in [4.78, 5) is 8.46. The smallest absolute Gasteiger partial charge is 0.180 e. The highest BCUT2D eigenvalue weighted by atomic mass is 15.1. The van der Waals surface area contributed by atoms with E-state index in [0.29, 0.717) is 5.82 Å². The molecule has 2 rings (SSSR count). The van der Waals surface area contributed by atoms with Gasteiger partial charge in [-0.15, -0.1) is 0 Å². The molecule has 2 heterocycles. The Morgan fingerprint density at radius 1 is 1.36 bits per heavy atom. The fourth-order valence-corrected chi connectivity index (χ4v) is 1.30. The van der Waals surface area contributed by atoms with Crippen molar-refractivity contribution in [2.75, 3.05) is 5.73 Å². The average Bonchev–Trinajstić information content (AvgIpc) is 2.48. The van der Waals surface area contributed by atoms with E-state index in [2.05, 4.69) is 30.7 Å². The minimum atomic E-state index is 0.0401. The molecule has 0 fully saturated rings. The lowest BCUT2D eigenvalue weighted by atomic mass is 9.93. The quantitative estimate of drug-likeness (QED) is 0.686. The van der Waals surface area contributed by atoms with Crippen LogP contribution in [0.25, 0.3) is 5.65 Å². The van der Waals surface area contributed by atoms with Crippen molar-refractivity contribution >= 4 is 11.5 Å². The molecule has 0 saturated carbocycles. The standard InChI is InChI=1S/C10H14N4/c1-10(2,3)7-6-14-5-4-12-8(11)9(14)13-7/h4-6H,1-3H3,(H2,11,12). The maximum Gasteiger partial charge on any atom is 0.180 e. The molecule has 0 saturated heterocycles. The van der Waals surface area contributed by atoms with Crippen LogP contribution in [-0.2, 0) is 5.41 Å². The van der Waals surface area contributed by atoms with Gasteiger partial charge < -0.3 is 10.1 Å². The van der Waals surface area contributed by atoms with Gasteiger partial charge in [0, 0.05) is 24.0 Å². The van der Waals surface area contributed by atoms with Crippen molar-refractivity contribution in [3.63, 3.8) is 0 Å². The Kier molecular flexibility index (Phi) is 1.74. The molecular formula is C10H14N4. The Bertz CT molecular complexity index is 464. The molecule has 4 heteroatoms. The van der Waals surface area contributed by atoms with E-state index in [1.54, 1.807) is 6.20 Å². The predicted molar refractivity (Wildman–Crippen MR) is 56.1 cm³/mol. The summed E-state index contributed by atoms with van der Waals surface area (Å²) in [7, 11) is 0. The molecule has 2 aromatic heterocycles. The van der Waals surface area contributed by atoms with E-state index in [4.69, 9.17) is 5.73 Å². The third kappa shape index (κ3) is 1.32. The van der Waals surface area contributed by atoms with E-state index in [9.17, 15) is 0 Å². The van der Waals surface area contributed by atoms with Gasteiger partial charge in [0.15, 0.2) is 11.5 Å². The number of aromatic nitrogens is 3. The van der Waals surface area contributed by atoms with Crippen LogP contribution in [0.4, 0.5) is 5.82 Å². The monoisotopic (exact) mass is 190 g/mol. The van der Waals surface area contributed by atoms with E-state index >= 15 is 0 Å². The summed E-state index contributed by atoms with van der Waals surface area (Å²) in [5, 5.41) is 0. The van der Waals surface area contributed by atoms with Crippen molar-refractivity contribution in [3.05, 3.63) is 24.3 Å². The number of nitrogen functional groups attached to an aromatic ring is 1. The van der Waals surface area contributed by atoms with E-state index in [1.165, 1.54) is 0 Å². The normalized spacial score (nSPS) is 12.2. The van der Waals surface area contributed by atoms with Gasteiger partial charge in [0.25, 0.3) is 0 Å². The SMILES string of the molecule is CC(C)(C)c1cn2ccnc(N)c2n1. The van der Waals surface area contributed by atoms with Crippen LogP contribution in [0.3, 0.4) is 0 Å². The molecule has 2 aromatic rings. The van der Waals surface area contributed by atoms with Crippen LogP contribution in [0.2, 0.25) is 0 Å². The first-order chi connectivity index (χ1) is 6.48. The fraction of sp³-hybridized carbons (Fsp3) is 0.400. The van der Waals surface area contributed by atoms with Crippen molar-refractivity contribution in [1.82, 2.24) is 14.4 Å². The third-order valence-electron chi connectivity index (χ3n) is 2.17. The molecule has 0 radical (unpaired) electrons. The molecule has 0 aliphatic rings. The highest BCUT2D eigenvalue weighted by molar-refractivity contribution is 5.59.